The molecule has 5 rings (SSSR count). The quantitative estimate of drug-likeness (QED) is 0.274. The predicted molar refractivity (Wildman–Crippen MR) is 143 cm³/mol. The zero-order chi connectivity index (χ0) is 26.8. The molecule has 2 amide bonds. The van der Waals surface area contributed by atoms with Crippen LogP contribution in [0.3, 0.4) is 0 Å². The molecule has 0 radical (unpaired) electrons. The van der Waals surface area contributed by atoms with Gasteiger partial charge in [0.15, 0.2) is 5.69 Å². The van der Waals surface area contributed by atoms with Crippen molar-refractivity contribution in [1.82, 2.24) is 9.78 Å². The number of benzene rings is 3. The number of ether oxygens (including phenoxy) is 1. The Hall–Kier alpha value is -4.18. The molecule has 4 aromatic rings. The molecule has 0 spiro atoms. The van der Waals surface area contributed by atoms with Crippen molar-refractivity contribution >= 4 is 29.1 Å². The van der Waals surface area contributed by atoms with E-state index in [0.717, 1.165) is 22.4 Å². The van der Waals surface area contributed by atoms with Gasteiger partial charge in [-0.3, -0.25) is 9.59 Å². The number of nitrogens with two attached hydrogens (primary N) is 1. The standard InChI is InChI=1S/C28H25ClN4O5/c29-24-4-2-1-3-21(24)28(37)31-17-7-5-16-6-12-22-25(27(30)36)32-33(26(22)23(16)13-17)18-8-10-20(11-9-18)38-15-19(35)14-34/h1-5,7-11,13,19,34-35H,6,12,14-15H2,(H2,30,36)(H,31,37). The maximum absolute atomic E-state index is 12.9. The highest BCUT2D eigenvalue weighted by Crippen LogP contribution is 2.38. The smallest absolute Gasteiger partial charge is 0.269 e. The summed E-state index contributed by atoms with van der Waals surface area (Å²) in [6.45, 7) is -0.442. The number of aryl methyl sites for hydroxylation is 1. The van der Waals surface area contributed by atoms with E-state index in [1.54, 1.807) is 53.2 Å². The van der Waals surface area contributed by atoms with Crippen LogP contribution >= 0.6 is 11.6 Å². The van der Waals surface area contributed by atoms with Crippen molar-refractivity contribution in [3.8, 4) is 22.7 Å². The molecule has 10 heteroatoms. The number of hydrogen-bond donors (Lipinski definition) is 4. The number of aromatic nitrogens is 2. The number of carbonyl (C=O) groups is 2. The summed E-state index contributed by atoms with van der Waals surface area (Å²) in [5.74, 6) is -0.452. The maximum Gasteiger partial charge on any atom is 0.269 e. The number of nitrogens with zero attached hydrogens (tertiary/aromatic N) is 2. The number of rotatable bonds is 8. The minimum absolute atomic E-state index is 0.0467. The van der Waals surface area contributed by atoms with Gasteiger partial charge in [0, 0.05) is 16.8 Å². The summed E-state index contributed by atoms with van der Waals surface area (Å²) in [5.41, 5.74) is 10.8. The summed E-state index contributed by atoms with van der Waals surface area (Å²) in [4.78, 5) is 25.1. The van der Waals surface area contributed by atoms with Crippen molar-refractivity contribution in [2.75, 3.05) is 18.5 Å². The topological polar surface area (TPSA) is 140 Å². The molecule has 1 aliphatic carbocycles. The number of nitrogens with one attached hydrogen (secondary N) is 1. The van der Waals surface area contributed by atoms with Crippen LogP contribution in [0.15, 0.2) is 66.7 Å². The maximum atomic E-state index is 12.9. The van der Waals surface area contributed by atoms with Gasteiger partial charge in [-0.15, -0.1) is 0 Å². The lowest BCUT2D eigenvalue weighted by Gasteiger charge is -2.20. The zero-order valence-corrected chi connectivity index (χ0v) is 21.0. The predicted octanol–water partition coefficient (Wildman–Crippen LogP) is 3.37. The molecule has 9 nitrogen and oxygen atoms in total. The van der Waals surface area contributed by atoms with Crippen LogP contribution in [0, 0.1) is 0 Å². The number of halogens is 1. The molecule has 0 bridgehead atoms. The molecule has 1 unspecified atom stereocenters. The lowest BCUT2D eigenvalue weighted by molar-refractivity contribution is 0.0536. The van der Waals surface area contributed by atoms with E-state index in [9.17, 15) is 14.7 Å². The number of primary amides is 1. The molecule has 194 valence electrons. The molecular weight excluding hydrogens is 508 g/mol. The van der Waals surface area contributed by atoms with E-state index < -0.39 is 18.6 Å². The van der Waals surface area contributed by atoms with E-state index in [-0.39, 0.29) is 18.2 Å². The number of fused-ring (bicyclic) bond motifs is 3. The van der Waals surface area contributed by atoms with Crippen LogP contribution < -0.4 is 15.8 Å². The van der Waals surface area contributed by atoms with E-state index in [0.29, 0.717) is 40.6 Å². The second-order valence-electron chi connectivity index (χ2n) is 8.90. The van der Waals surface area contributed by atoms with Crippen molar-refractivity contribution in [2.24, 2.45) is 5.73 Å². The Morgan fingerprint density at radius 2 is 1.87 bits per heavy atom. The molecule has 5 N–H and O–H groups in total. The van der Waals surface area contributed by atoms with E-state index in [4.69, 9.17) is 27.2 Å². The number of amides is 2. The largest absolute Gasteiger partial charge is 0.491 e. The number of hydrogen-bond acceptors (Lipinski definition) is 6. The molecule has 0 fully saturated rings. The third-order valence-electron chi connectivity index (χ3n) is 6.34. The average Bonchev–Trinajstić information content (AvgIpc) is 3.33. The van der Waals surface area contributed by atoms with Crippen molar-refractivity contribution in [1.29, 1.82) is 0 Å². The van der Waals surface area contributed by atoms with Crippen LogP contribution in [0.1, 0.15) is 32.0 Å². The van der Waals surface area contributed by atoms with Gasteiger partial charge < -0.3 is 26.0 Å². The van der Waals surface area contributed by atoms with E-state index in [2.05, 4.69) is 10.4 Å². The minimum Gasteiger partial charge on any atom is -0.491 e. The second kappa shape index (κ2) is 10.7. The van der Waals surface area contributed by atoms with Gasteiger partial charge in [-0.2, -0.15) is 5.10 Å². The first-order valence-electron chi connectivity index (χ1n) is 12.0. The van der Waals surface area contributed by atoms with Gasteiger partial charge in [0.2, 0.25) is 0 Å². The third-order valence-corrected chi connectivity index (χ3v) is 6.67. The molecule has 1 heterocycles. The summed E-state index contributed by atoms with van der Waals surface area (Å²) in [5, 5.41) is 26.3. The Morgan fingerprint density at radius 1 is 1.11 bits per heavy atom. The Bertz CT molecular complexity index is 1520. The molecule has 0 aliphatic heterocycles. The van der Waals surface area contributed by atoms with Crippen molar-refractivity contribution in [3.63, 3.8) is 0 Å². The lowest BCUT2D eigenvalue weighted by atomic mass is 9.88. The summed E-state index contributed by atoms with van der Waals surface area (Å²) in [7, 11) is 0. The fraction of sp³-hybridized carbons (Fsp3) is 0.179. The molecular formula is C28H25ClN4O5. The highest BCUT2D eigenvalue weighted by atomic mass is 35.5. The number of carbonyl (C=O) groups excluding carboxylic acids is 2. The van der Waals surface area contributed by atoms with Crippen LogP contribution in [0.2, 0.25) is 5.02 Å². The summed E-state index contributed by atoms with van der Waals surface area (Å²) in [6.07, 6.45) is 0.300. The van der Waals surface area contributed by atoms with Crippen molar-refractivity contribution in [2.45, 2.75) is 18.9 Å². The minimum atomic E-state index is -0.977. The highest BCUT2D eigenvalue weighted by Gasteiger charge is 2.28. The van der Waals surface area contributed by atoms with E-state index >= 15 is 0 Å². The van der Waals surface area contributed by atoms with Crippen LogP contribution in [-0.4, -0.2) is 51.1 Å². The van der Waals surface area contributed by atoms with E-state index in [1.165, 1.54) is 0 Å². The van der Waals surface area contributed by atoms with Gasteiger partial charge in [0.25, 0.3) is 11.8 Å². The molecule has 38 heavy (non-hydrogen) atoms. The van der Waals surface area contributed by atoms with Gasteiger partial charge >= 0.3 is 0 Å². The van der Waals surface area contributed by atoms with Crippen LogP contribution in [0.25, 0.3) is 16.9 Å². The molecule has 0 saturated heterocycles. The molecule has 3 aromatic carbocycles. The van der Waals surface area contributed by atoms with Crippen molar-refractivity contribution in [3.05, 3.63) is 94.1 Å². The summed E-state index contributed by atoms with van der Waals surface area (Å²) >= 11 is 6.19. The first-order chi connectivity index (χ1) is 18.4. The van der Waals surface area contributed by atoms with Gasteiger partial charge in [-0.25, -0.2) is 4.68 Å². The summed E-state index contributed by atoms with van der Waals surface area (Å²) < 4.78 is 7.16. The Morgan fingerprint density at radius 3 is 2.58 bits per heavy atom. The first-order valence-corrected chi connectivity index (χ1v) is 12.4. The Balaban J connectivity index is 1.52. The van der Waals surface area contributed by atoms with Gasteiger partial charge in [0.05, 0.1) is 28.6 Å². The van der Waals surface area contributed by atoms with E-state index in [1.807, 2.05) is 18.2 Å². The Kier molecular flexibility index (Phi) is 7.15. The monoisotopic (exact) mass is 532 g/mol. The molecule has 1 atom stereocenters. The molecule has 1 aliphatic rings. The third kappa shape index (κ3) is 4.99. The second-order valence-corrected chi connectivity index (χ2v) is 9.31. The van der Waals surface area contributed by atoms with Gasteiger partial charge in [-0.05, 0) is 66.9 Å². The fourth-order valence-electron chi connectivity index (χ4n) is 4.47. The molecule has 1 aromatic heterocycles. The van der Waals surface area contributed by atoms with Gasteiger partial charge in [0.1, 0.15) is 18.5 Å². The Labute approximate surface area is 223 Å². The van der Waals surface area contributed by atoms with Crippen LogP contribution in [-0.2, 0) is 12.8 Å². The fourth-order valence-corrected chi connectivity index (χ4v) is 4.69. The first kappa shape index (κ1) is 25.5. The molecule has 0 saturated carbocycles. The van der Waals surface area contributed by atoms with Crippen LogP contribution in [0.5, 0.6) is 5.75 Å². The SMILES string of the molecule is NC(=O)c1nn(-c2ccc(OCC(O)CO)cc2)c2c1CCc1ccc(NC(=O)c3ccccc3Cl)cc1-2. The number of aliphatic hydroxyl groups is 2. The van der Waals surface area contributed by atoms with Crippen molar-refractivity contribution < 1.29 is 24.5 Å². The average molecular weight is 533 g/mol. The highest BCUT2D eigenvalue weighted by molar-refractivity contribution is 6.34. The number of anilines is 1. The zero-order valence-electron chi connectivity index (χ0n) is 20.2. The number of aliphatic hydroxyl groups excluding tert-OH is 2. The van der Waals surface area contributed by atoms with Crippen LogP contribution in [0.4, 0.5) is 5.69 Å². The lowest BCUT2D eigenvalue weighted by Crippen LogP contribution is -2.21. The summed E-state index contributed by atoms with van der Waals surface area (Å²) in [6, 6.07) is 19.4. The normalized spacial score (nSPS) is 12.8. The van der Waals surface area contributed by atoms with Gasteiger partial charge in [-0.1, -0.05) is 29.8 Å².